The first-order valence-electron chi connectivity index (χ1n) is 10.5. The Morgan fingerprint density at radius 2 is 1.53 bits per heavy atom. The van der Waals surface area contributed by atoms with Gasteiger partial charge in [-0.2, -0.15) is 0 Å². The molecule has 1 aliphatic rings. The fraction of sp³-hybridized carbons (Fsp3) is 0.200. The van der Waals surface area contributed by atoms with Crippen molar-refractivity contribution < 1.29 is 18.7 Å². The second-order valence-electron chi connectivity index (χ2n) is 7.57. The Kier molecular flexibility index (Phi) is 5.64. The van der Waals surface area contributed by atoms with Gasteiger partial charge >= 0.3 is 0 Å². The SMILES string of the molecule is O=C(c1cccs1)N1CCN(C(=O)c2oc3ccccc3c2COc2ccccc2)CC1. The van der Waals surface area contributed by atoms with Gasteiger partial charge in [0.05, 0.1) is 4.88 Å². The Balaban J connectivity index is 1.34. The number of hydrogen-bond donors (Lipinski definition) is 0. The molecule has 0 unspecified atom stereocenters. The third-order valence-corrected chi connectivity index (χ3v) is 6.46. The lowest BCUT2D eigenvalue weighted by Gasteiger charge is -2.34. The molecule has 2 amide bonds. The standard InChI is InChI=1S/C25H22N2O4S/c28-24(22-11-6-16-32-22)26-12-14-27(15-13-26)25(29)23-20(17-30-18-7-2-1-3-8-18)19-9-4-5-10-21(19)31-23/h1-11,16H,12-15,17H2. The first-order chi connectivity index (χ1) is 15.7. The van der Waals surface area contributed by atoms with E-state index in [1.54, 1.807) is 9.80 Å². The van der Waals surface area contributed by atoms with Gasteiger partial charge in [-0.15, -0.1) is 11.3 Å². The third kappa shape index (κ3) is 3.99. The van der Waals surface area contributed by atoms with E-state index in [-0.39, 0.29) is 18.4 Å². The molecule has 1 saturated heterocycles. The number of para-hydroxylation sites is 2. The van der Waals surface area contributed by atoms with Crippen LogP contribution in [0.3, 0.4) is 0 Å². The van der Waals surface area contributed by atoms with Gasteiger partial charge in [0.25, 0.3) is 11.8 Å². The fourth-order valence-electron chi connectivity index (χ4n) is 3.90. The van der Waals surface area contributed by atoms with Crippen LogP contribution in [0.1, 0.15) is 25.8 Å². The van der Waals surface area contributed by atoms with Gasteiger partial charge in [-0.3, -0.25) is 9.59 Å². The molecule has 5 rings (SSSR count). The highest BCUT2D eigenvalue weighted by molar-refractivity contribution is 7.12. The fourth-order valence-corrected chi connectivity index (χ4v) is 4.59. The topological polar surface area (TPSA) is 63.0 Å². The average molecular weight is 447 g/mol. The second kappa shape index (κ2) is 8.88. The molecule has 162 valence electrons. The molecular weight excluding hydrogens is 424 g/mol. The maximum absolute atomic E-state index is 13.4. The van der Waals surface area contributed by atoms with E-state index >= 15 is 0 Å². The second-order valence-corrected chi connectivity index (χ2v) is 8.52. The summed E-state index contributed by atoms with van der Waals surface area (Å²) in [6, 6.07) is 20.8. The molecule has 0 N–H and O–H groups in total. The van der Waals surface area contributed by atoms with E-state index in [0.717, 1.165) is 21.6 Å². The molecule has 0 bridgehead atoms. The summed E-state index contributed by atoms with van der Waals surface area (Å²) in [4.78, 5) is 30.3. The van der Waals surface area contributed by atoms with E-state index < -0.39 is 0 Å². The molecular formula is C25H22N2O4S. The highest BCUT2D eigenvalue weighted by Crippen LogP contribution is 2.29. The number of thiophene rings is 1. The van der Waals surface area contributed by atoms with E-state index in [2.05, 4.69) is 0 Å². The van der Waals surface area contributed by atoms with Crippen molar-refractivity contribution in [2.24, 2.45) is 0 Å². The van der Waals surface area contributed by atoms with Crippen LogP contribution in [0, 0.1) is 0 Å². The lowest BCUT2D eigenvalue weighted by molar-refractivity contribution is 0.0520. The molecule has 0 radical (unpaired) electrons. The quantitative estimate of drug-likeness (QED) is 0.447. The Hall–Kier alpha value is -3.58. The minimum Gasteiger partial charge on any atom is -0.489 e. The molecule has 0 saturated carbocycles. The van der Waals surface area contributed by atoms with Crippen molar-refractivity contribution in [3.05, 3.63) is 88.3 Å². The zero-order valence-corrected chi connectivity index (χ0v) is 18.2. The predicted molar refractivity (Wildman–Crippen MR) is 123 cm³/mol. The largest absolute Gasteiger partial charge is 0.489 e. The zero-order valence-electron chi connectivity index (χ0n) is 17.4. The molecule has 2 aromatic heterocycles. The Morgan fingerprint density at radius 1 is 0.844 bits per heavy atom. The van der Waals surface area contributed by atoms with Crippen LogP contribution in [0.4, 0.5) is 0 Å². The lowest BCUT2D eigenvalue weighted by atomic mass is 10.1. The maximum Gasteiger partial charge on any atom is 0.290 e. The minimum atomic E-state index is -0.170. The van der Waals surface area contributed by atoms with Crippen molar-refractivity contribution >= 4 is 34.1 Å². The van der Waals surface area contributed by atoms with E-state index in [9.17, 15) is 9.59 Å². The van der Waals surface area contributed by atoms with Crippen molar-refractivity contribution in [1.29, 1.82) is 0 Å². The van der Waals surface area contributed by atoms with E-state index in [1.165, 1.54) is 11.3 Å². The Bertz CT molecular complexity index is 1230. The van der Waals surface area contributed by atoms with Crippen LogP contribution in [0.25, 0.3) is 11.0 Å². The molecule has 32 heavy (non-hydrogen) atoms. The number of benzene rings is 2. The number of amides is 2. The minimum absolute atomic E-state index is 0.0211. The smallest absolute Gasteiger partial charge is 0.290 e. The number of fused-ring (bicyclic) bond motifs is 1. The number of furan rings is 1. The van der Waals surface area contributed by atoms with Crippen LogP contribution < -0.4 is 4.74 Å². The molecule has 3 heterocycles. The van der Waals surface area contributed by atoms with Gasteiger partial charge in [0.1, 0.15) is 17.9 Å². The van der Waals surface area contributed by atoms with Crippen molar-refractivity contribution in [2.45, 2.75) is 6.61 Å². The number of hydrogen-bond acceptors (Lipinski definition) is 5. The summed E-state index contributed by atoms with van der Waals surface area (Å²) in [5, 5.41) is 2.77. The zero-order chi connectivity index (χ0) is 21.9. The first-order valence-corrected chi connectivity index (χ1v) is 11.4. The Morgan fingerprint density at radius 3 is 2.25 bits per heavy atom. The van der Waals surface area contributed by atoms with Crippen LogP contribution in [0.15, 0.2) is 76.5 Å². The summed E-state index contributed by atoms with van der Waals surface area (Å²) < 4.78 is 11.9. The molecule has 1 aliphatic heterocycles. The summed E-state index contributed by atoms with van der Waals surface area (Å²) in [6.07, 6.45) is 0. The predicted octanol–water partition coefficient (Wildman–Crippen LogP) is 4.67. The third-order valence-electron chi connectivity index (χ3n) is 5.60. The summed E-state index contributed by atoms with van der Waals surface area (Å²) in [7, 11) is 0. The summed E-state index contributed by atoms with van der Waals surface area (Å²) >= 11 is 1.44. The van der Waals surface area contributed by atoms with Crippen molar-refractivity contribution in [2.75, 3.05) is 26.2 Å². The molecule has 6 nitrogen and oxygen atoms in total. The van der Waals surface area contributed by atoms with E-state index in [0.29, 0.717) is 37.5 Å². The van der Waals surface area contributed by atoms with Crippen LogP contribution in [0.5, 0.6) is 5.75 Å². The number of piperazine rings is 1. The van der Waals surface area contributed by atoms with Crippen molar-refractivity contribution in [3.63, 3.8) is 0 Å². The van der Waals surface area contributed by atoms with Gasteiger partial charge in [0, 0.05) is 37.1 Å². The molecule has 0 atom stereocenters. The number of ether oxygens (including phenoxy) is 1. The van der Waals surface area contributed by atoms with Gasteiger partial charge in [-0.25, -0.2) is 0 Å². The van der Waals surface area contributed by atoms with Gasteiger partial charge in [0.2, 0.25) is 0 Å². The van der Waals surface area contributed by atoms with E-state index in [1.807, 2.05) is 72.1 Å². The summed E-state index contributed by atoms with van der Waals surface area (Å²) in [6.45, 7) is 2.16. The number of rotatable bonds is 5. The van der Waals surface area contributed by atoms with Gasteiger partial charge in [-0.1, -0.05) is 42.5 Å². The average Bonchev–Trinajstić information content (AvgIpc) is 3.51. The maximum atomic E-state index is 13.4. The molecule has 0 spiro atoms. The number of carbonyl (C=O) groups is 2. The van der Waals surface area contributed by atoms with Gasteiger partial charge < -0.3 is 19.0 Å². The summed E-state index contributed by atoms with van der Waals surface area (Å²) in [5.41, 5.74) is 1.40. The van der Waals surface area contributed by atoms with Crippen LogP contribution in [0.2, 0.25) is 0 Å². The highest BCUT2D eigenvalue weighted by atomic mass is 32.1. The Labute approximate surface area is 189 Å². The molecule has 1 fully saturated rings. The lowest BCUT2D eigenvalue weighted by Crippen LogP contribution is -2.50. The first kappa shape index (κ1) is 20.3. The van der Waals surface area contributed by atoms with Crippen molar-refractivity contribution in [3.8, 4) is 5.75 Å². The molecule has 7 heteroatoms. The highest BCUT2D eigenvalue weighted by Gasteiger charge is 2.30. The van der Waals surface area contributed by atoms with Crippen molar-refractivity contribution in [1.82, 2.24) is 9.80 Å². The van der Waals surface area contributed by atoms with E-state index in [4.69, 9.17) is 9.15 Å². The number of nitrogens with zero attached hydrogens (tertiary/aromatic N) is 2. The molecule has 2 aromatic carbocycles. The molecule has 0 aliphatic carbocycles. The number of carbonyl (C=O) groups excluding carboxylic acids is 2. The normalized spacial score (nSPS) is 14.0. The molecule has 4 aromatic rings. The van der Waals surface area contributed by atoms with Crippen LogP contribution in [-0.2, 0) is 6.61 Å². The van der Waals surface area contributed by atoms with Gasteiger partial charge in [0.15, 0.2) is 5.76 Å². The van der Waals surface area contributed by atoms with Gasteiger partial charge in [-0.05, 0) is 29.6 Å². The van der Waals surface area contributed by atoms with Crippen LogP contribution >= 0.6 is 11.3 Å². The van der Waals surface area contributed by atoms with Crippen LogP contribution in [-0.4, -0.2) is 47.8 Å². The summed E-state index contributed by atoms with van der Waals surface area (Å²) in [5.74, 6) is 0.890. The monoisotopic (exact) mass is 446 g/mol.